The molecule has 0 spiro atoms. The van der Waals surface area contributed by atoms with Crippen molar-refractivity contribution in [2.75, 3.05) is 6.61 Å². The highest BCUT2D eigenvalue weighted by molar-refractivity contribution is 8.77. The van der Waals surface area contributed by atoms with Crippen molar-refractivity contribution >= 4 is 35.9 Å². The summed E-state index contributed by atoms with van der Waals surface area (Å²) in [5, 5.41) is 0.0584. The first-order valence-electron chi connectivity index (χ1n) is 13.7. The Hall–Kier alpha value is -1.79. The van der Waals surface area contributed by atoms with Crippen molar-refractivity contribution in [3.05, 3.63) is 68.0 Å². The van der Waals surface area contributed by atoms with E-state index in [1.807, 2.05) is 18.2 Å². The minimum atomic E-state index is -2.12. The number of H-pyrrole nitrogens is 1. The van der Waals surface area contributed by atoms with Crippen LogP contribution < -0.4 is 11.2 Å². The van der Waals surface area contributed by atoms with Crippen molar-refractivity contribution in [1.82, 2.24) is 9.55 Å². The largest absolute Gasteiger partial charge is 0.456 e. The van der Waals surface area contributed by atoms with Crippen LogP contribution in [0, 0.1) is 6.92 Å². The molecule has 1 aliphatic rings. The first-order valence-corrected chi connectivity index (χ1v) is 18.8. The molecular formula is C29H44N2O6S2Si. The van der Waals surface area contributed by atoms with E-state index in [4.69, 9.17) is 13.9 Å². The Morgan fingerprint density at radius 3 is 2.45 bits per heavy atom. The molecule has 1 aromatic heterocycles. The average Bonchev–Trinajstić information content (AvgIpc) is 3.24. The summed E-state index contributed by atoms with van der Waals surface area (Å²) >= 11 is 0. The fourth-order valence-corrected chi connectivity index (χ4v) is 7.33. The number of carbonyl (C=O) groups is 1. The quantitative estimate of drug-likeness (QED) is 0.193. The smallest absolute Gasteiger partial charge is 0.338 e. The lowest BCUT2D eigenvalue weighted by molar-refractivity contribution is -0.0498. The highest BCUT2D eigenvalue weighted by Gasteiger charge is 2.43. The first kappa shape index (κ1) is 32.7. The van der Waals surface area contributed by atoms with Gasteiger partial charge in [0, 0.05) is 28.2 Å². The topological polar surface area (TPSA) is 99.6 Å². The molecule has 0 radical (unpaired) electrons. The fraction of sp³-hybridized carbons (Fsp3) is 0.621. The molecule has 0 amide bonds. The van der Waals surface area contributed by atoms with Crippen molar-refractivity contribution in [3.63, 3.8) is 0 Å². The van der Waals surface area contributed by atoms with Gasteiger partial charge in [0.2, 0.25) is 0 Å². The lowest BCUT2D eigenvalue weighted by atomic mass is 10.0. The molecule has 11 heteroatoms. The molecule has 1 fully saturated rings. The second-order valence-electron chi connectivity index (χ2n) is 12.9. The Morgan fingerprint density at radius 2 is 1.82 bits per heavy atom. The highest BCUT2D eigenvalue weighted by atomic mass is 33.1. The molecule has 1 N–H and O–H groups in total. The third-order valence-corrected chi connectivity index (χ3v) is 15.7. The molecule has 1 aromatic carbocycles. The van der Waals surface area contributed by atoms with Crippen molar-refractivity contribution in [2.45, 2.75) is 108 Å². The molecule has 4 atom stereocenters. The zero-order valence-electron chi connectivity index (χ0n) is 25.3. The van der Waals surface area contributed by atoms with Crippen LogP contribution in [0.1, 0.15) is 87.8 Å². The van der Waals surface area contributed by atoms with Gasteiger partial charge < -0.3 is 13.9 Å². The zero-order chi connectivity index (χ0) is 30.0. The molecular weight excluding hydrogens is 565 g/mol. The third-order valence-electron chi connectivity index (χ3n) is 7.37. The van der Waals surface area contributed by atoms with Gasteiger partial charge in [0.15, 0.2) is 8.32 Å². The summed E-state index contributed by atoms with van der Waals surface area (Å²) in [4.78, 5) is 40.5. The van der Waals surface area contributed by atoms with Crippen molar-refractivity contribution in [3.8, 4) is 0 Å². The highest BCUT2D eigenvalue weighted by Crippen LogP contribution is 2.45. The Balaban J connectivity index is 1.87. The molecule has 8 nitrogen and oxygen atoms in total. The molecule has 2 unspecified atom stereocenters. The maximum Gasteiger partial charge on any atom is 0.338 e. The fourth-order valence-electron chi connectivity index (χ4n) is 3.96. The normalized spacial score (nSPS) is 20.9. The molecule has 2 aromatic rings. The van der Waals surface area contributed by atoms with E-state index in [2.05, 4.69) is 66.5 Å². The molecule has 1 aliphatic heterocycles. The van der Waals surface area contributed by atoms with Crippen LogP contribution in [0.15, 0.2) is 40.1 Å². The summed E-state index contributed by atoms with van der Waals surface area (Å²) in [5.74, 6) is -0.430. The van der Waals surface area contributed by atoms with Crippen LogP contribution >= 0.6 is 21.6 Å². The molecule has 0 aliphatic carbocycles. The van der Waals surface area contributed by atoms with Gasteiger partial charge in [-0.15, -0.1) is 0 Å². The van der Waals surface area contributed by atoms with Crippen LogP contribution in [-0.4, -0.2) is 47.4 Å². The molecule has 40 heavy (non-hydrogen) atoms. The summed E-state index contributed by atoms with van der Waals surface area (Å²) < 4.78 is 20.3. The van der Waals surface area contributed by atoms with Gasteiger partial charge in [-0.1, -0.05) is 81.3 Å². The summed E-state index contributed by atoms with van der Waals surface area (Å²) in [6, 6.07) is 7.52. The summed E-state index contributed by atoms with van der Waals surface area (Å²) in [5.41, 5.74) is 0.816. The van der Waals surface area contributed by atoms with E-state index in [0.29, 0.717) is 11.1 Å². The maximum atomic E-state index is 13.6. The second-order valence-corrected chi connectivity index (χ2v) is 21.1. The van der Waals surface area contributed by atoms with Gasteiger partial charge in [-0.2, -0.15) is 0 Å². The number of ether oxygens (including phenoxy) is 2. The Morgan fingerprint density at radius 1 is 1.18 bits per heavy atom. The molecule has 222 valence electrons. The number of carbonyl (C=O) groups excluding carboxylic acids is 1. The van der Waals surface area contributed by atoms with Gasteiger partial charge in [-0.25, -0.2) is 9.59 Å². The summed E-state index contributed by atoms with van der Waals surface area (Å²) in [6.45, 7) is 21.2. The standard InChI is InChI=1S/C29H44N2O6S2Si/c1-18-16-31(27(34)30-25(18)32)24-15-22(23(36-24)17-35-40(9,10)29(6,7)8)37-26(33)21-14-12-11-13-20(21)19(2)38-39-28(3,4)5/h11-14,16,19,22-24H,15,17H2,1-10H3,(H,30,32,34)/t19?,22?,23-,24-/m1/s1. The Labute approximate surface area is 246 Å². The van der Waals surface area contributed by atoms with Crippen molar-refractivity contribution < 1.29 is 18.7 Å². The number of esters is 1. The van der Waals surface area contributed by atoms with Crippen LogP contribution in [0.25, 0.3) is 0 Å². The van der Waals surface area contributed by atoms with E-state index >= 15 is 0 Å². The minimum absolute atomic E-state index is 0.0119. The monoisotopic (exact) mass is 608 g/mol. The lowest BCUT2D eigenvalue weighted by Crippen LogP contribution is -2.44. The Kier molecular flexibility index (Phi) is 10.3. The lowest BCUT2D eigenvalue weighted by Gasteiger charge is -2.37. The average molecular weight is 609 g/mol. The number of aromatic nitrogens is 2. The number of rotatable bonds is 9. The second kappa shape index (κ2) is 12.6. The van der Waals surface area contributed by atoms with Gasteiger partial charge in [0.05, 0.1) is 12.2 Å². The predicted octanol–water partition coefficient (Wildman–Crippen LogP) is 6.62. The number of nitrogens with one attached hydrogen (secondary N) is 1. The van der Waals surface area contributed by atoms with Crippen LogP contribution in [0.3, 0.4) is 0 Å². The molecule has 2 heterocycles. The van der Waals surface area contributed by atoms with E-state index in [0.717, 1.165) is 5.56 Å². The van der Waals surface area contributed by atoms with E-state index < -0.39 is 44.0 Å². The SMILES string of the molecule is Cc1cn([C@H]2CC(OC(=O)c3ccccc3C(C)SSC(C)(C)C)[C@@H](CO[Si](C)(C)C(C)(C)C)O2)c(=O)[nH]c1=O. The van der Waals surface area contributed by atoms with Gasteiger partial charge in [-0.05, 0) is 43.6 Å². The number of aromatic amines is 1. The number of nitrogens with zero attached hydrogens (tertiary/aromatic N) is 1. The molecule has 3 rings (SSSR count). The minimum Gasteiger partial charge on any atom is -0.456 e. The summed E-state index contributed by atoms with van der Waals surface area (Å²) in [6.07, 6.45) is -0.168. The van der Waals surface area contributed by atoms with Crippen molar-refractivity contribution in [2.24, 2.45) is 0 Å². The van der Waals surface area contributed by atoms with Gasteiger partial charge in [0.1, 0.15) is 18.4 Å². The maximum absolute atomic E-state index is 13.6. The number of aryl methyl sites for hydroxylation is 1. The number of hydrogen-bond acceptors (Lipinski definition) is 8. The first-order chi connectivity index (χ1) is 18.4. The van der Waals surface area contributed by atoms with Crippen molar-refractivity contribution in [1.29, 1.82) is 0 Å². The molecule has 1 saturated heterocycles. The van der Waals surface area contributed by atoms with Gasteiger partial charge in [-0.3, -0.25) is 14.3 Å². The van der Waals surface area contributed by atoms with Gasteiger partial charge >= 0.3 is 11.7 Å². The van der Waals surface area contributed by atoms with Crippen LogP contribution in [0.2, 0.25) is 18.1 Å². The van der Waals surface area contributed by atoms with Crippen LogP contribution in [-0.2, 0) is 13.9 Å². The summed E-state index contributed by atoms with van der Waals surface area (Å²) in [7, 11) is 1.38. The third kappa shape index (κ3) is 8.15. The number of hydrogen-bond donors (Lipinski definition) is 1. The zero-order valence-corrected chi connectivity index (χ0v) is 28.0. The Bertz CT molecular complexity index is 1310. The van der Waals surface area contributed by atoms with Gasteiger partial charge in [0.25, 0.3) is 5.56 Å². The van der Waals surface area contributed by atoms with E-state index in [1.54, 1.807) is 34.6 Å². The molecule has 0 bridgehead atoms. The predicted molar refractivity (Wildman–Crippen MR) is 167 cm³/mol. The van der Waals surface area contributed by atoms with Crippen LogP contribution in [0.5, 0.6) is 0 Å². The van der Waals surface area contributed by atoms with E-state index in [9.17, 15) is 14.4 Å². The number of benzene rings is 1. The van der Waals surface area contributed by atoms with Crippen LogP contribution in [0.4, 0.5) is 0 Å². The van der Waals surface area contributed by atoms with E-state index in [1.165, 1.54) is 10.8 Å². The van der Waals surface area contributed by atoms with E-state index in [-0.39, 0.29) is 28.1 Å². The molecule has 0 saturated carbocycles.